The molecule has 1 atom stereocenters. The largest absolute Gasteiger partial charge is 0.480 e. The van der Waals surface area contributed by atoms with Gasteiger partial charge in [-0.1, -0.05) is 91.0 Å². The minimum Gasteiger partial charge on any atom is -0.480 e. The second kappa shape index (κ2) is 19.4. The number of carbonyl (C=O) groups is 4. The van der Waals surface area contributed by atoms with E-state index in [4.69, 9.17) is 14.2 Å². The number of benzene rings is 3. The Bertz CT molecular complexity index is 1290. The summed E-state index contributed by atoms with van der Waals surface area (Å²) in [7, 11) is 0. The molecule has 0 fully saturated rings. The predicted molar refractivity (Wildman–Crippen MR) is 162 cm³/mol. The summed E-state index contributed by atoms with van der Waals surface area (Å²) in [6, 6.07) is 27.7. The molecule has 0 radical (unpaired) electrons. The summed E-state index contributed by atoms with van der Waals surface area (Å²) in [4.78, 5) is 49.7. The van der Waals surface area contributed by atoms with E-state index < -0.39 is 36.7 Å². The first-order valence-electron chi connectivity index (χ1n) is 14.5. The molecule has 0 saturated carbocycles. The van der Waals surface area contributed by atoms with E-state index in [1.54, 1.807) is 12.1 Å². The van der Waals surface area contributed by atoms with Crippen LogP contribution in [-0.2, 0) is 48.4 Å². The summed E-state index contributed by atoms with van der Waals surface area (Å²) in [5.74, 6) is -3.00. The van der Waals surface area contributed by atoms with Crippen LogP contribution in [-0.4, -0.2) is 66.4 Å². The average Bonchev–Trinajstić information content (AvgIpc) is 3.05. The number of aliphatic carboxylic acids is 1. The average molecular weight is 606 g/mol. The molecule has 0 heterocycles. The monoisotopic (exact) mass is 605 g/mol. The molecule has 11 nitrogen and oxygen atoms in total. The lowest BCUT2D eigenvalue weighted by Gasteiger charge is -2.21. The SMILES string of the molecule is O=C(O)CN(CCCNCCCC(NC(=O)C(=O)OCc1ccccc1)OCc1ccccc1)C(=O)OCc1ccccc1. The normalized spacial score (nSPS) is 11.3. The van der Waals surface area contributed by atoms with Gasteiger partial charge in [-0.25, -0.2) is 9.59 Å². The fraction of sp³-hybridized carbons (Fsp3) is 0.333. The van der Waals surface area contributed by atoms with Crippen molar-refractivity contribution in [2.24, 2.45) is 0 Å². The van der Waals surface area contributed by atoms with Gasteiger partial charge in [-0.2, -0.15) is 0 Å². The lowest BCUT2D eigenvalue weighted by atomic mass is 10.2. The van der Waals surface area contributed by atoms with Gasteiger partial charge in [0.25, 0.3) is 0 Å². The van der Waals surface area contributed by atoms with Crippen molar-refractivity contribution in [1.82, 2.24) is 15.5 Å². The van der Waals surface area contributed by atoms with Gasteiger partial charge in [-0.3, -0.25) is 14.5 Å². The van der Waals surface area contributed by atoms with Gasteiger partial charge in [0.05, 0.1) is 6.61 Å². The minimum absolute atomic E-state index is 0.0127. The van der Waals surface area contributed by atoms with Crippen molar-refractivity contribution in [3.8, 4) is 0 Å². The Morgan fingerprint density at radius 1 is 0.705 bits per heavy atom. The Hall–Kier alpha value is -4.74. The predicted octanol–water partition coefficient (Wildman–Crippen LogP) is 3.87. The van der Waals surface area contributed by atoms with Crippen LogP contribution in [0, 0.1) is 0 Å². The quantitative estimate of drug-likeness (QED) is 0.0852. The van der Waals surface area contributed by atoms with Crippen LogP contribution in [0.3, 0.4) is 0 Å². The molecule has 3 rings (SSSR count). The van der Waals surface area contributed by atoms with Crippen molar-refractivity contribution in [3.05, 3.63) is 108 Å². The smallest absolute Gasteiger partial charge is 0.410 e. The number of hydrogen-bond acceptors (Lipinski definition) is 8. The Morgan fingerprint density at radius 2 is 1.23 bits per heavy atom. The first-order chi connectivity index (χ1) is 21.4. The number of nitrogens with zero attached hydrogens (tertiary/aromatic N) is 1. The Balaban J connectivity index is 1.40. The van der Waals surface area contributed by atoms with Crippen LogP contribution in [0.4, 0.5) is 4.79 Å². The molecular weight excluding hydrogens is 566 g/mol. The molecule has 3 aromatic rings. The maximum absolute atomic E-state index is 12.5. The van der Waals surface area contributed by atoms with Crippen LogP contribution in [0.15, 0.2) is 91.0 Å². The highest BCUT2D eigenvalue weighted by Crippen LogP contribution is 2.08. The van der Waals surface area contributed by atoms with E-state index in [2.05, 4.69) is 10.6 Å². The highest BCUT2D eigenvalue weighted by atomic mass is 16.6. The van der Waals surface area contributed by atoms with Crippen LogP contribution in [0.2, 0.25) is 0 Å². The number of nitrogens with one attached hydrogen (secondary N) is 2. The topological polar surface area (TPSA) is 143 Å². The molecule has 234 valence electrons. The van der Waals surface area contributed by atoms with Gasteiger partial charge < -0.3 is 30.0 Å². The number of carboxylic acid groups (broad SMARTS) is 1. The fourth-order valence-electron chi connectivity index (χ4n) is 4.10. The molecule has 1 unspecified atom stereocenters. The summed E-state index contributed by atoms with van der Waals surface area (Å²) < 4.78 is 16.3. The van der Waals surface area contributed by atoms with Crippen molar-refractivity contribution >= 4 is 23.9 Å². The van der Waals surface area contributed by atoms with Gasteiger partial charge in [-0.05, 0) is 49.0 Å². The van der Waals surface area contributed by atoms with Crippen LogP contribution < -0.4 is 10.6 Å². The Morgan fingerprint density at radius 3 is 1.80 bits per heavy atom. The maximum Gasteiger partial charge on any atom is 0.410 e. The van der Waals surface area contributed by atoms with Gasteiger partial charge in [0, 0.05) is 6.54 Å². The first kappa shape index (κ1) is 33.8. The molecule has 0 spiro atoms. The highest BCUT2D eigenvalue weighted by Gasteiger charge is 2.21. The third-order valence-electron chi connectivity index (χ3n) is 6.38. The number of rotatable bonds is 18. The number of carbonyl (C=O) groups excluding carboxylic acids is 3. The Labute approximate surface area is 257 Å². The summed E-state index contributed by atoms with van der Waals surface area (Å²) >= 11 is 0. The minimum atomic E-state index is -1.12. The molecule has 2 amide bonds. The molecular formula is C33H39N3O8. The lowest BCUT2D eigenvalue weighted by molar-refractivity contribution is -0.158. The summed E-state index contributed by atoms with van der Waals surface area (Å²) in [6.07, 6.45) is 0.128. The molecule has 0 aliphatic heterocycles. The van der Waals surface area contributed by atoms with E-state index in [-0.39, 0.29) is 26.4 Å². The Kier molecular flexibility index (Phi) is 14.9. The maximum atomic E-state index is 12.5. The highest BCUT2D eigenvalue weighted by molar-refractivity contribution is 6.32. The summed E-state index contributed by atoms with van der Waals surface area (Å²) in [5, 5.41) is 15.1. The zero-order valence-corrected chi connectivity index (χ0v) is 24.6. The fourth-order valence-corrected chi connectivity index (χ4v) is 4.10. The van der Waals surface area contributed by atoms with Gasteiger partial charge in [-0.15, -0.1) is 0 Å². The standard InChI is InChI=1S/C33H39N3O8/c37-30(38)22-36(33(41)44-25-28-16-8-3-9-17-28)21-11-20-34-19-10-18-29(42-23-26-12-4-1-5-13-26)35-31(39)32(40)43-24-27-14-6-2-7-15-27/h1-9,12-17,29,34H,10-11,18-25H2,(H,35,39)(H,37,38). The summed E-state index contributed by atoms with van der Waals surface area (Å²) in [6.45, 7) is 1.13. The molecule has 0 aromatic heterocycles. The molecule has 3 aromatic carbocycles. The molecule has 0 aliphatic carbocycles. The van der Waals surface area contributed by atoms with E-state index in [1.807, 2.05) is 78.9 Å². The number of hydrogen-bond donors (Lipinski definition) is 3. The van der Waals surface area contributed by atoms with Crippen LogP contribution in [0.1, 0.15) is 36.0 Å². The van der Waals surface area contributed by atoms with Gasteiger partial charge in [0.15, 0.2) is 0 Å². The number of amides is 2. The van der Waals surface area contributed by atoms with Crippen molar-refractivity contribution in [3.63, 3.8) is 0 Å². The zero-order valence-electron chi connectivity index (χ0n) is 24.6. The van der Waals surface area contributed by atoms with Crippen molar-refractivity contribution in [2.75, 3.05) is 26.2 Å². The number of carboxylic acids is 1. The zero-order chi connectivity index (χ0) is 31.4. The van der Waals surface area contributed by atoms with E-state index in [1.165, 1.54) is 0 Å². The third kappa shape index (κ3) is 13.5. The van der Waals surface area contributed by atoms with Gasteiger partial charge in [0.1, 0.15) is 26.0 Å². The molecule has 0 aliphatic rings. The molecule has 0 bridgehead atoms. The van der Waals surface area contributed by atoms with E-state index in [0.29, 0.717) is 32.4 Å². The van der Waals surface area contributed by atoms with Gasteiger partial charge in [0.2, 0.25) is 0 Å². The van der Waals surface area contributed by atoms with Crippen LogP contribution in [0.5, 0.6) is 0 Å². The molecule has 11 heteroatoms. The van der Waals surface area contributed by atoms with Crippen LogP contribution >= 0.6 is 0 Å². The van der Waals surface area contributed by atoms with E-state index in [0.717, 1.165) is 21.6 Å². The first-order valence-corrected chi connectivity index (χ1v) is 14.5. The number of esters is 1. The second-order valence-electron chi connectivity index (χ2n) is 9.92. The van der Waals surface area contributed by atoms with Crippen molar-refractivity contribution in [2.45, 2.75) is 45.3 Å². The van der Waals surface area contributed by atoms with Crippen molar-refractivity contribution in [1.29, 1.82) is 0 Å². The third-order valence-corrected chi connectivity index (χ3v) is 6.38. The molecule has 44 heavy (non-hydrogen) atoms. The van der Waals surface area contributed by atoms with E-state index >= 15 is 0 Å². The lowest BCUT2D eigenvalue weighted by Crippen LogP contribution is -2.42. The summed E-state index contributed by atoms with van der Waals surface area (Å²) in [5.41, 5.74) is 2.50. The second-order valence-corrected chi connectivity index (χ2v) is 9.92. The van der Waals surface area contributed by atoms with Crippen molar-refractivity contribution < 1.29 is 38.5 Å². The number of ether oxygens (including phenoxy) is 3. The van der Waals surface area contributed by atoms with Gasteiger partial charge >= 0.3 is 23.9 Å². The molecule has 0 saturated heterocycles. The molecule has 3 N–H and O–H groups in total. The van der Waals surface area contributed by atoms with Crippen LogP contribution in [0.25, 0.3) is 0 Å². The van der Waals surface area contributed by atoms with E-state index in [9.17, 15) is 24.3 Å².